The average Bonchev–Trinajstić information content (AvgIpc) is 2.52. The van der Waals surface area contributed by atoms with Gasteiger partial charge in [0.2, 0.25) is 0 Å². The van der Waals surface area contributed by atoms with Crippen LogP contribution in [-0.4, -0.2) is 24.9 Å². The van der Waals surface area contributed by atoms with Crippen molar-refractivity contribution in [2.75, 3.05) is 6.54 Å². The van der Waals surface area contributed by atoms with Gasteiger partial charge < -0.3 is 14.8 Å². The first-order valence-corrected chi connectivity index (χ1v) is 8.49. The first-order chi connectivity index (χ1) is 11.2. The molecule has 1 N–H and O–H groups in total. The first-order valence-electron chi connectivity index (χ1n) is 8.11. The van der Waals surface area contributed by atoms with E-state index in [-0.39, 0.29) is 17.8 Å². The Kier molecular flexibility index (Phi) is 8.05. The second-order valence-corrected chi connectivity index (χ2v) is 6.88. The molecule has 1 amide bonds. The molecular formula is C18H26ClNO4. The van der Waals surface area contributed by atoms with Crippen LogP contribution in [0.15, 0.2) is 24.3 Å². The Morgan fingerprint density at radius 2 is 1.62 bits per heavy atom. The number of nitrogens with one attached hydrogen (secondary N) is 1. The molecule has 1 rings (SSSR count). The maximum absolute atomic E-state index is 12.0. The molecule has 1 aromatic rings. The number of benzene rings is 1. The second-order valence-electron chi connectivity index (χ2n) is 6.44. The summed E-state index contributed by atoms with van der Waals surface area (Å²) >= 11 is 5.86. The maximum Gasteiger partial charge on any atom is 0.410 e. The molecule has 1 aromatic carbocycles. The van der Waals surface area contributed by atoms with Gasteiger partial charge in [-0.1, -0.05) is 58.4 Å². The highest BCUT2D eigenvalue weighted by Gasteiger charge is 2.24. The number of halogens is 1. The largest absolute Gasteiger partial charge is 0.425 e. The molecule has 0 heterocycles. The van der Waals surface area contributed by atoms with Gasteiger partial charge in [0, 0.05) is 17.5 Å². The lowest BCUT2D eigenvalue weighted by Gasteiger charge is -2.23. The van der Waals surface area contributed by atoms with Crippen molar-refractivity contribution in [1.82, 2.24) is 5.32 Å². The fourth-order valence-corrected chi connectivity index (χ4v) is 1.97. The van der Waals surface area contributed by atoms with E-state index in [1.165, 1.54) is 0 Å². The fraction of sp³-hybridized carbons (Fsp3) is 0.556. The van der Waals surface area contributed by atoms with E-state index in [1.54, 1.807) is 13.8 Å². The van der Waals surface area contributed by atoms with Gasteiger partial charge in [-0.15, -0.1) is 0 Å². The predicted molar refractivity (Wildman–Crippen MR) is 93.9 cm³/mol. The molecule has 0 saturated heterocycles. The van der Waals surface area contributed by atoms with Crippen LogP contribution < -0.4 is 5.32 Å². The minimum absolute atomic E-state index is 0.102. The summed E-state index contributed by atoms with van der Waals surface area (Å²) in [6.45, 7) is 9.50. The van der Waals surface area contributed by atoms with Gasteiger partial charge in [0.05, 0.1) is 5.92 Å². The van der Waals surface area contributed by atoms with Crippen molar-refractivity contribution in [2.45, 2.75) is 46.8 Å². The molecule has 0 aromatic heterocycles. The maximum atomic E-state index is 12.0. The van der Waals surface area contributed by atoms with Gasteiger partial charge in [0.1, 0.15) is 0 Å². The molecule has 0 radical (unpaired) electrons. The lowest BCUT2D eigenvalue weighted by molar-refractivity contribution is -0.178. The molecular weight excluding hydrogens is 330 g/mol. The van der Waals surface area contributed by atoms with Crippen molar-refractivity contribution >= 4 is 23.7 Å². The van der Waals surface area contributed by atoms with Crippen molar-refractivity contribution in [2.24, 2.45) is 11.8 Å². The van der Waals surface area contributed by atoms with Gasteiger partial charge in [0.15, 0.2) is 0 Å². The molecule has 24 heavy (non-hydrogen) atoms. The van der Waals surface area contributed by atoms with E-state index in [4.69, 9.17) is 21.1 Å². The predicted octanol–water partition coefficient (Wildman–Crippen LogP) is 4.35. The summed E-state index contributed by atoms with van der Waals surface area (Å²) in [6.07, 6.45) is -1.50. The molecule has 2 atom stereocenters. The molecule has 5 nitrogen and oxygen atoms in total. The van der Waals surface area contributed by atoms with E-state index in [0.29, 0.717) is 11.6 Å². The van der Waals surface area contributed by atoms with Crippen LogP contribution in [0.25, 0.3) is 0 Å². The Bertz CT molecular complexity index is 542. The number of hydrogen-bond donors (Lipinski definition) is 1. The Balaban J connectivity index is 2.50. The number of ether oxygens (including phenoxy) is 2. The van der Waals surface area contributed by atoms with Gasteiger partial charge in [0.25, 0.3) is 6.29 Å². The zero-order chi connectivity index (χ0) is 18.3. The van der Waals surface area contributed by atoms with E-state index in [1.807, 2.05) is 45.0 Å². The highest BCUT2D eigenvalue weighted by atomic mass is 35.5. The molecule has 0 bridgehead atoms. The van der Waals surface area contributed by atoms with E-state index in [2.05, 4.69) is 5.32 Å². The summed E-state index contributed by atoms with van der Waals surface area (Å²) in [5.74, 6) is -0.698. The van der Waals surface area contributed by atoms with Crippen LogP contribution in [0.1, 0.15) is 46.1 Å². The van der Waals surface area contributed by atoms with Gasteiger partial charge in [-0.25, -0.2) is 4.79 Å². The van der Waals surface area contributed by atoms with Crippen LogP contribution in [-0.2, 0) is 14.3 Å². The highest BCUT2D eigenvalue weighted by molar-refractivity contribution is 6.30. The number of amides is 1. The Morgan fingerprint density at radius 1 is 1.04 bits per heavy atom. The van der Waals surface area contributed by atoms with Gasteiger partial charge in [-0.3, -0.25) is 4.79 Å². The Morgan fingerprint density at radius 3 is 2.12 bits per heavy atom. The van der Waals surface area contributed by atoms with Crippen molar-refractivity contribution in [3.63, 3.8) is 0 Å². The van der Waals surface area contributed by atoms with Crippen molar-refractivity contribution in [3.05, 3.63) is 34.9 Å². The zero-order valence-electron chi connectivity index (χ0n) is 14.8. The van der Waals surface area contributed by atoms with Crippen molar-refractivity contribution < 1.29 is 19.1 Å². The highest BCUT2D eigenvalue weighted by Crippen LogP contribution is 2.17. The van der Waals surface area contributed by atoms with Crippen LogP contribution in [0.3, 0.4) is 0 Å². The Hall–Kier alpha value is -1.75. The molecule has 0 unspecified atom stereocenters. The van der Waals surface area contributed by atoms with E-state index < -0.39 is 18.4 Å². The average molecular weight is 356 g/mol. The number of esters is 1. The van der Waals surface area contributed by atoms with Crippen LogP contribution in [0.4, 0.5) is 4.79 Å². The molecule has 0 saturated carbocycles. The normalized spacial score (nSPS) is 13.5. The van der Waals surface area contributed by atoms with Crippen molar-refractivity contribution in [1.29, 1.82) is 0 Å². The standard InChI is InChI=1S/C18H26ClNO4/c1-11(2)16(21)23-17(12(3)4)24-18(22)20-10-13(5)14-6-8-15(19)9-7-14/h6-9,11-13,17H,10H2,1-5H3,(H,20,22)/t13-,17+/m1/s1. The molecule has 0 aliphatic heterocycles. The molecule has 0 aliphatic carbocycles. The summed E-state index contributed by atoms with van der Waals surface area (Å²) < 4.78 is 10.4. The number of rotatable bonds is 7. The SMILES string of the molecule is CC(C)C(=O)O[C@@H](OC(=O)NC[C@@H](C)c1ccc(Cl)cc1)C(C)C. The van der Waals surface area contributed by atoms with E-state index >= 15 is 0 Å². The summed E-state index contributed by atoms with van der Waals surface area (Å²) in [5, 5.41) is 3.37. The van der Waals surface area contributed by atoms with Crippen LogP contribution in [0, 0.1) is 11.8 Å². The van der Waals surface area contributed by atoms with Crippen LogP contribution in [0.5, 0.6) is 0 Å². The third-order valence-corrected chi connectivity index (χ3v) is 3.71. The lowest BCUT2D eigenvalue weighted by atomic mass is 10.0. The van der Waals surface area contributed by atoms with Gasteiger partial charge in [-0.05, 0) is 23.6 Å². The minimum Gasteiger partial charge on any atom is -0.425 e. The van der Waals surface area contributed by atoms with Gasteiger partial charge in [-0.2, -0.15) is 0 Å². The van der Waals surface area contributed by atoms with Crippen LogP contribution in [0.2, 0.25) is 5.02 Å². The quantitative estimate of drug-likeness (QED) is 0.583. The smallest absolute Gasteiger partial charge is 0.410 e. The number of hydrogen-bond acceptors (Lipinski definition) is 4. The monoisotopic (exact) mass is 355 g/mol. The molecule has 0 spiro atoms. The molecule has 0 fully saturated rings. The molecule has 134 valence electrons. The fourth-order valence-electron chi connectivity index (χ4n) is 1.84. The molecule has 6 heteroatoms. The Labute approximate surface area is 148 Å². The van der Waals surface area contributed by atoms with E-state index in [9.17, 15) is 9.59 Å². The van der Waals surface area contributed by atoms with Crippen LogP contribution >= 0.6 is 11.6 Å². The van der Waals surface area contributed by atoms with E-state index in [0.717, 1.165) is 5.56 Å². The summed E-state index contributed by atoms with van der Waals surface area (Å²) in [6, 6.07) is 7.46. The number of carbonyl (C=O) groups excluding carboxylic acids is 2. The number of alkyl carbamates (subject to hydrolysis) is 1. The summed E-state index contributed by atoms with van der Waals surface area (Å²) in [7, 11) is 0. The van der Waals surface area contributed by atoms with Gasteiger partial charge >= 0.3 is 12.1 Å². The second kappa shape index (κ2) is 9.52. The third kappa shape index (κ3) is 6.79. The number of carbonyl (C=O) groups is 2. The molecule has 0 aliphatic rings. The zero-order valence-corrected chi connectivity index (χ0v) is 15.6. The first kappa shape index (κ1) is 20.3. The summed E-state index contributed by atoms with van der Waals surface area (Å²) in [4.78, 5) is 23.6. The third-order valence-electron chi connectivity index (χ3n) is 3.46. The minimum atomic E-state index is -0.897. The van der Waals surface area contributed by atoms with Crippen molar-refractivity contribution in [3.8, 4) is 0 Å². The summed E-state index contributed by atoms with van der Waals surface area (Å²) in [5.41, 5.74) is 1.06. The lowest BCUT2D eigenvalue weighted by Crippen LogP contribution is -2.36. The topological polar surface area (TPSA) is 64.6 Å².